The van der Waals surface area contributed by atoms with Gasteiger partial charge in [-0.05, 0) is 6.42 Å². The molecule has 0 aliphatic heterocycles. The van der Waals surface area contributed by atoms with Gasteiger partial charge in [-0.15, -0.1) is 0 Å². The summed E-state index contributed by atoms with van der Waals surface area (Å²) >= 11 is 0. The molecular weight excluding hydrogens is 232 g/mol. The molecule has 0 aromatic rings. The molecule has 96 valence electrons. The largest absolute Gasteiger partial charge is 0.468 e. The summed E-state index contributed by atoms with van der Waals surface area (Å²) in [7, 11) is -1.92. The van der Waals surface area contributed by atoms with Gasteiger partial charge in [-0.25, -0.2) is 13.1 Å². The van der Waals surface area contributed by atoms with Gasteiger partial charge in [0.05, 0.1) is 12.9 Å². The molecule has 2 N–H and O–H groups in total. The van der Waals surface area contributed by atoms with Crippen molar-refractivity contribution in [2.75, 3.05) is 26.0 Å². The zero-order valence-corrected chi connectivity index (χ0v) is 10.8. The molecule has 0 amide bonds. The molecule has 6 nitrogen and oxygen atoms in total. The number of sulfonamides is 1. The summed E-state index contributed by atoms with van der Waals surface area (Å²) in [5.41, 5.74) is 0. The van der Waals surface area contributed by atoms with Gasteiger partial charge in [0.2, 0.25) is 10.0 Å². The Hall–Kier alpha value is -0.660. The molecule has 0 aliphatic carbocycles. The lowest BCUT2D eigenvalue weighted by Gasteiger charge is -2.14. The number of ether oxygens (including phenoxy) is 1. The molecule has 7 heteroatoms. The highest BCUT2D eigenvalue weighted by atomic mass is 32.2. The number of methoxy groups -OCH3 is 1. The van der Waals surface area contributed by atoms with Crippen LogP contribution in [0, 0.1) is 0 Å². The van der Waals surface area contributed by atoms with Gasteiger partial charge in [0.15, 0.2) is 0 Å². The number of rotatable bonds is 8. The van der Waals surface area contributed by atoms with Crippen LogP contribution in [0.1, 0.15) is 20.3 Å². The Bertz CT molecular complexity index is 303. The first-order chi connectivity index (χ1) is 7.46. The second-order valence-corrected chi connectivity index (χ2v) is 5.18. The first kappa shape index (κ1) is 15.3. The topological polar surface area (TPSA) is 84.5 Å². The van der Waals surface area contributed by atoms with E-state index in [0.717, 1.165) is 0 Å². The Labute approximate surface area is 96.8 Å². The van der Waals surface area contributed by atoms with Crippen LogP contribution in [0.25, 0.3) is 0 Å². The van der Waals surface area contributed by atoms with Gasteiger partial charge in [-0.2, -0.15) is 0 Å². The number of hydrogen-bond acceptors (Lipinski definition) is 5. The summed E-state index contributed by atoms with van der Waals surface area (Å²) < 4.78 is 29.5. The molecule has 0 rings (SSSR count). The monoisotopic (exact) mass is 252 g/mol. The lowest BCUT2D eigenvalue weighted by atomic mass is 10.2. The number of esters is 1. The maximum absolute atomic E-state index is 11.3. The van der Waals surface area contributed by atoms with Crippen molar-refractivity contribution in [3.8, 4) is 0 Å². The van der Waals surface area contributed by atoms with E-state index in [1.54, 1.807) is 6.92 Å². The Morgan fingerprint density at radius 1 is 1.38 bits per heavy atom. The number of carbonyl (C=O) groups is 1. The molecule has 0 radical (unpaired) electrons. The van der Waals surface area contributed by atoms with Crippen molar-refractivity contribution < 1.29 is 17.9 Å². The van der Waals surface area contributed by atoms with E-state index in [1.807, 2.05) is 6.92 Å². The van der Waals surface area contributed by atoms with Crippen molar-refractivity contribution in [2.45, 2.75) is 26.3 Å². The van der Waals surface area contributed by atoms with E-state index in [9.17, 15) is 13.2 Å². The highest BCUT2D eigenvalue weighted by molar-refractivity contribution is 7.89. The summed E-state index contributed by atoms with van der Waals surface area (Å²) in [5, 5.41) is 2.84. The maximum atomic E-state index is 11.3. The van der Waals surface area contributed by atoms with Crippen LogP contribution in [-0.4, -0.2) is 46.4 Å². The van der Waals surface area contributed by atoms with Crippen LogP contribution in [0.3, 0.4) is 0 Å². The van der Waals surface area contributed by atoms with Gasteiger partial charge in [0, 0.05) is 13.1 Å². The van der Waals surface area contributed by atoms with Crippen molar-refractivity contribution in [3.05, 3.63) is 0 Å². The molecule has 16 heavy (non-hydrogen) atoms. The molecule has 0 aliphatic rings. The first-order valence-electron chi connectivity index (χ1n) is 5.25. The van der Waals surface area contributed by atoms with E-state index >= 15 is 0 Å². The molecule has 1 unspecified atom stereocenters. The molecular formula is C9H20N2O4S. The van der Waals surface area contributed by atoms with Crippen LogP contribution in [0.5, 0.6) is 0 Å². The second kappa shape index (κ2) is 7.59. The standard InChI is InChI=1S/C9H20N2O4S/c1-4-8(9(12)15-3)10-6-7-16(13,14)11-5-2/h8,10-11H,4-7H2,1-3H3. The van der Waals surface area contributed by atoms with Crippen LogP contribution in [-0.2, 0) is 19.6 Å². The van der Waals surface area contributed by atoms with Crippen LogP contribution in [0.15, 0.2) is 0 Å². The minimum Gasteiger partial charge on any atom is -0.468 e. The van der Waals surface area contributed by atoms with Crippen LogP contribution < -0.4 is 10.0 Å². The minimum atomic E-state index is -3.23. The smallest absolute Gasteiger partial charge is 0.322 e. The lowest BCUT2D eigenvalue weighted by molar-refractivity contribution is -0.143. The van der Waals surface area contributed by atoms with Gasteiger partial charge in [-0.3, -0.25) is 4.79 Å². The van der Waals surface area contributed by atoms with Crippen molar-refractivity contribution in [1.82, 2.24) is 10.0 Å². The summed E-state index contributed by atoms with van der Waals surface area (Å²) in [5.74, 6) is -0.419. The second-order valence-electron chi connectivity index (χ2n) is 3.25. The van der Waals surface area contributed by atoms with Gasteiger partial charge in [0.25, 0.3) is 0 Å². The molecule has 0 saturated carbocycles. The SMILES string of the molecule is CCNS(=O)(=O)CCNC(CC)C(=O)OC. The summed E-state index contributed by atoms with van der Waals surface area (Å²) in [6.45, 7) is 4.14. The van der Waals surface area contributed by atoms with Crippen LogP contribution >= 0.6 is 0 Å². The summed E-state index contributed by atoms with van der Waals surface area (Å²) in [6.07, 6.45) is 0.563. The van der Waals surface area contributed by atoms with E-state index in [2.05, 4.69) is 14.8 Å². The molecule has 0 saturated heterocycles. The average Bonchev–Trinajstić information content (AvgIpc) is 2.23. The molecule has 0 fully saturated rings. The third kappa shape index (κ3) is 6.04. The zero-order chi connectivity index (χ0) is 12.6. The zero-order valence-electron chi connectivity index (χ0n) is 9.95. The van der Waals surface area contributed by atoms with Gasteiger partial charge >= 0.3 is 5.97 Å². The molecule has 0 bridgehead atoms. The fourth-order valence-electron chi connectivity index (χ4n) is 1.20. The Morgan fingerprint density at radius 2 is 2.00 bits per heavy atom. The number of hydrogen-bond donors (Lipinski definition) is 2. The van der Waals surface area contributed by atoms with Crippen molar-refractivity contribution in [2.24, 2.45) is 0 Å². The molecule has 0 heterocycles. The van der Waals surface area contributed by atoms with Crippen molar-refractivity contribution in [3.63, 3.8) is 0 Å². The van der Waals surface area contributed by atoms with Crippen LogP contribution in [0.2, 0.25) is 0 Å². The average molecular weight is 252 g/mol. The van der Waals surface area contributed by atoms with E-state index in [1.165, 1.54) is 7.11 Å². The fraction of sp³-hybridized carbons (Fsp3) is 0.889. The maximum Gasteiger partial charge on any atom is 0.322 e. The van der Waals surface area contributed by atoms with E-state index in [4.69, 9.17) is 0 Å². The molecule has 1 atom stereocenters. The van der Waals surface area contributed by atoms with E-state index in [0.29, 0.717) is 13.0 Å². The van der Waals surface area contributed by atoms with Crippen LogP contribution in [0.4, 0.5) is 0 Å². The third-order valence-corrected chi connectivity index (χ3v) is 3.49. The lowest BCUT2D eigenvalue weighted by Crippen LogP contribution is -2.41. The highest BCUT2D eigenvalue weighted by Gasteiger charge is 2.17. The first-order valence-corrected chi connectivity index (χ1v) is 6.90. The van der Waals surface area contributed by atoms with Crippen molar-refractivity contribution >= 4 is 16.0 Å². The minimum absolute atomic E-state index is 0.0473. The number of nitrogens with one attached hydrogen (secondary N) is 2. The van der Waals surface area contributed by atoms with E-state index < -0.39 is 16.1 Å². The predicted molar refractivity (Wildman–Crippen MR) is 61.6 cm³/mol. The van der Waals surface area contributed by atoms with E-state index in [-0.39, 0.29) is 18.3 Å². The molecule has 0 aromatic carbocycles. The molecule has 0 aromatic heterocycles. The predicted octanol–water partition coefficient (Wildman–Crippen LogP) is -0.533. The Morgan fingerprint density at radius 3 is 2.44 bits per heavy atom. The molecule has 0 spiro atoms. The Balaban J connectivity index is 4.00. The van der Waals surface area contributed by atoms with Crippen molar-refractivity contribution in [1.29, 1.82) is 0 Å². The normalized spacial score (nSPS) is 13.4. The van der Waals surface area contributed by atoms with Gasteiger partial charge < -0.3 is 10.1 Å². The quantitative estimate of drug-likeness (QED) is 0.567. The Kier molecular flexibility index (Phi) is 7.27. The van der Waals surface area contributed by atoms with Gasteiger partial charge in [0.1, 0.15) is 6.04 Å². The third-order valence-electron chi connectivity index (χ3n) is 2.02. The van der Waals surface area contributed by atoms with Gasteiger partial charge in [-0.1, -0.05) is 13.8 Å². The fourth-order valence-corrected chi connectivity index (χ4v) is 2.17. The number of carbonyl (C=O) groups excluding carboxylic acids is 1. The summed E-state index contributed by atoms with van der Waals surface area (Å²) in [6, 6.07) is -0.443. The highest BCUT2D eigenvalue weighted by Crippen LogP contribution is 1.93. The summed E-state index contributed by atoms with van der Waals surface area (Å²) in [4.78, 5) is 11.2.